The highest BCUT2D eigenvalue weighted by Gasteiger charge is 2.27. The van der Waals surface area contributed by atoms with E-state index in [1.165, 1.54) is 0 Å². The molecule has 3 nitrogen and oxygen atoms in total. The van der Waals surface area contributed by atoms with E-state index in [4.69, 9.17) is 0 Å². The van der Waals surface area contributed by atoms with E-state index in [0.717, 1.165) is 25.8 Å². The molecular weight excluding hydrogens is 188 g/mol. The van der Waals surface area contributed by atoms with E-state index in [2.05, 4.69) is 38.3 Å². The molecule has 2 N–H and O–H groups in total. The lowest BCUT2D eigenvalue weighted by Gasteiger charge is -2.31. The number of carbonyl (C=O) groups excluding carboxylic acids is 1. The normalized spacial score (nSPS) is 25.6. The molecule has 88 valence electrons. The van der Waals surface area contributed by atoms with Crippen molar-refractivity contribution in [3.63, 3.8) is 0 Å². The van der Waals surface area contributed by atoms with Gasteiger partial charge >= 0.3 is 0 Å². The van der Waals surface area contributed by atoms with Gasteiger partial charge in [-0.2, -0.15) is 0 Å². The van der Waals surface area contributed by atoms with Gasteiger partial charge in [0.15, 0.2) is 0 Å². The van der Waals surface area contributed by atoms with Gasteiger partial charge in [-0.25, -0.2) is 0 Å². The van der Waals surface area contributed by atoms with Crippen molar-refractivity contribution in [1.82, 2.24) is 10.6 Å². The first-order chi connectivity index (χ1) is 6.91. The van der Waals surface area contributed by atoms with Crippen LogP contribution in [0.5, 0.6) is 0 Å². The van der Waals surface area contributed by atoms with Crippen molar-refractivity contribution in [3.8, 4) is 0 Å². The number of amides is 1. The van der Waals surface area contributed by atoms with Gasteiger partial charge in [0.1, 0.15) is 0 Å². The van der Waals surface area contributed by atoms with Gasteiger partial charge in [-0.1, -0.05) is 20.8 Å². The summed E-state index contributed by atoms with van der Waals surface area (Å²) in [6.45, 7) is 9.57. The maximum atomic E-state index is 11.7. The number of hydrogen-bond acceptors (Lipinski definition) is 2. The molecule has 2 unspecified atom stereocenters. The average Bonchev–Trinajstić information content (AvgIpc) is 2.30. The molecule has 1 saturated heterocycles. The molecule has 0 radical (unpaired) electrons. The van der Waals surface area contributed by atoms with E-state index in [1.807, 2.05) is 0 Å². The molecule has 0 bridgehead atoms. The van der Waals surface area contributed by atoms with Crippen LogP contribution in [0.4, 0.5) is 0 Å². The molecule has 15 heavy (non-hydrogen) atoms. The Labute approximate surface area is 93.0 Å². The van der Waals surface area contributed by atoms with Crippen molar-refractivity contribution < 1.29 is 4.79 Å². The molecule has 0 aromatic heterocycles. The topological polar surface area (TPSA) is 41.1 Å². The van der Waals surface area contributed by atoms with Crippen LogP contribution in [0.15, 0.2) is 0 Å². The summed E-state index contributed by atoms with van der Waals surface area (Å²) in [5, 5.41) is 6.39. The van der Waals surface area contributed by atoms with Gasteiger partial charge in [0, 0.05) is 12.6 Å². The molecule has 2 atom stereocenters. The van der Waals surface area contributed by atoms with Crippen molar-refractivity contribution in [1.29, 1.82) is 0 Å². The van der Waals surface area contributed by atoms with Crippen LogP contribution < -0.4 is 10.6 Å². The van der Waals surface area contributed by atoms with Gasteiger partial charge in [0.2, 0.25) is 5.91 Å². The zero-order valence-electron chi connectivity index (χ0n) is 10.4. The molecule has 1 amide bonds. The quantitative estimate of drug-likeness (QED) is 0.731. The molecule has 0 saturated carbocycles. The predicted molar refractivity (Wildman–Crippen MR) is 62.7 cm³/mol. The van der Waals surface area contributed by atoms with Crippen LogP contribution in [0.2, 0.25) is 0 Å². The summed E-state index contributed by atoms with van der Waals surface area (Å²) < 4.78 is 0. The number of nitrogens with one attached hydrogen (secondary N) is 2. The number of rotatable bonds is 2. The maximum absolute atomic E-state index is 11.7. The first kappa shape index (κ1) is 12.5. The summed E-state index contributed by atoms with van der Waals surface area (Å²) in [5.74, 6) is 0.170. The lowest BCUT2D eigenvalue weighted by molar-refractivity contribution is -0.123. The second-order valence-corrected chi connectivity index (χ2v) is 5.59. The number of carbonyl (C=O) groups is 1. The fourth-order valence-electron chi connectivity index (χ4n) is 1.65. The molecule has 3 heteroatoms. The van der Waals surface area contributed by atoms with E-state index in [9.17, 15) is 4.79 Å². The SMILES string of the molecule is CC(NC1CCCCNC1=O)C(C)(C)C. The molecule has 1 heterocycles. The highest BCUT2D eigenvalue weighted by molar-refractivity contribution is 5.81. The molecule has 1 fully saturated rings. The molecule has 0 aliphatic carbocycles. The Morgan fingerprint density at radius 1 is 1.40 bits per heavy atom. The van der Waals surface area contributed by atoms with E-state index in [0.29, 0.717) is 6.04 Å². The van der Waals surface area contributed by atoms with Gasteiger partial charge in [-0.05, 0) is 31.6 Å². The number of hydrogen-bond donors (Lipinski definition) is 2. The molecular formula is C12H24N2O. The lowest BCUT2D eigenvalue weighted by Crippen LogP contribution is -2.50. The second-order valence-electron chi connectivity index (χ2n) is 5.59. The zero-order valence-corrected chi connectivity index (χ0v) is 10.4. The first-order valence-corrected chi connectivity index (χ1v) is 5.95. The van der Waals surface area contributed by atoms with E-state index in [1.54, 1.807) is 0 Å². The van der Waals surface area contributed by atoms with Crippen molar-refractivity contribution >= 4 is 5.91 Å². The average molecular weight is 212 g/mol. The minimum atomic E-state index is 0.00160. The van der Waals surface area contributed by atoms with E-state index >= 15 is 0 Å². The van der Waals surface area contributed by atoms with Crippen LogP contribution in [-0.4, -0.2) is 24.5 Å². The van der Waals surface area contributed by atoms with Crippen molar-refractivity contribution in [2.75, 3.05) is 6.54 Å². The van der Waals surface area contributed by atoms with Crippen LogP contribution in [0, 0.1) is 5.41 Å². The van der Waals surface area contributed by atoms with Gasteiger partial charge < -0.3 is 10.6 Å². The molecule has 0 aromatic rings. The lowest BCUT2D eigenvalue weighted by atomic mass is 9.87. The van der Waals surface area contributed by atoms with Crippen LogP contribution in [-0.2, 0) is 4.79 Å². The van der Waals surface area contributed by atoms with Crippen LogP contribution in [0.3, 0.4) is 0 Å². The molecule has 1 aliphatic rings. The molecule has 1 aliphatic heterocycles. The second kappa shape index (κ2) is 4.97. The van der Waals surface area contributed by atoms with Gasteiger partial charge in [-0.15, -0.1) is 0 Å². The Morgan fingerprint density at radius 3 is 2.67 bits per heavy atom. The Morgan fingerprint density at radius 2 is 2.07 bits per heavy atom. The minimum Gasteiger partial charge on any atom is -0.355 e. The highest BCUT2D eigenvalue weighted by atomic mass is 16.2. The summed E-state index contributed by atoms with van der Waals surface area (Å²) in [5.41, 5.74) is 0.201. The van der Waals surface area contributed by atoms with Crippen LogP contribution in [0.1, 0.15) is 47.0 Å². The monoisotopic (exact) mass is 212 g/mol. The molecule has 1 rings (SSSR count). The third-order valence-electron chi connectivity index (χ3n) is 3.29. The summed E-state index contributed by atoms with van der Waals surface area (Å²) in [4.78, 5) is 11.7. The van der Waals surface area contributed by atoms with Crippen LogP contribution in [0.25, 0.3) is 0 Å². The third-order valence-corrected chi connectivity index (χ3v) is 3.29. The summed E-state index contributed by atoms with van der Waals surface area (Å²) >= 11 is 0. The molecule has 0 spiro atoms. The Kier molecular flexibility index (Phi) is 4.14. The minimum absolute atomic E-state index is 0.00160. The Bertz CT molecular complexity index is 220. The highest BCUT2D eigenvalue weighted by Crippen LogP contribution is 2.20. The summed E-state index contributed by atoms with van der Waals surface area (Å²) in [6.07, 6.45) is 3.20. The summed E-state index contributed by atoms with van der Waals surface area (Å²) in [6, 6.07) is 0.355. The Hall–Kier alpha value is -0.570. The van der Waals surface area contributed by atoms with Crippen molar-refractivity contribution in [2.45, 2.75) is 59.0 Å². The first-order valence-electron chi connectivity index (χ1n) is 5.95. The third kappa shape index (κ3) is 3.82. The molecule has 0 aromatic carbocycles. The smallest absolute Gasteiger partial charge is 0.237 e. The standard InChI is InChI=1S/C12H24N2O/c1-9(12(2,3)4)14-10-7-5-6-8-13-11(10)15/h9-10,14H,5-8H2,1-4H3,(H,13,15). The fraction of sp³-hybridized carbons (Fsp3) is 0.917. The van der Waals surface area contributed by atoms with E-state index < -0.39 is 0 Å². The van der Waals surface area contributed by atoms with Crippen LogP contribution >= 0.6 is 0 Å². The van der Waals surface area contributed by atoms with E-state index in [-0.39, 0.29) is 17.4 Å². The van der Waals surface area contributed by atoms with Crippen molar-refractivity contribution in [2.24, 2.45) is 5.41 Å². The largest absolute Gasteiger partial charge is 0.355 e. The summed E-state index contributed by atoms with van der Waals surface area (Å²) in [7, 11) is 0. The van der Waals surface area contributed by atoms with Gasteiger partial charge in [0.25, 0.3) is 0 Å². The fourth-order valence-corrected chi connectivity index (χ4v) is 1.65. The predicted octanol–water partition coefficient (Wildman–Crippen LogP) is 1.68. The van der Waals surface area contributed by atoms with Gasteiger partial charge in [-0.3, -0.25) is 4.79 Å². The zero-order chi connectivity index (χ0) is 11.5. The van der Waals surface area contributed by atoms with Crippen molar-refractivity contribution in [3.05, 3.63) is 0 Å². The van der Waals surface area contributed by atoms with Gasteiger partial charge in [0.05, 0.1) is 6.04 Å². The maximum Gasteiger partial charge on any atom is 0.237 e. The Balaban J connectivity index is 2.51.